The molecule has 1 amide bonds. The molecule has 2 atom stereocenters. The number of aliphatic hydroxyl groups is 1. The Kier molecular flexibility index (Phi) is 11.2. The van der Waals surface area contributed by atoms with Crippen molar-refractivity contribution < 1.29 is 24.1 Å². The summed E-state index contributed by atoms with van der Waals surface area (Å²) < 4.78 is 15.4. The molecule has 0 saturated heterocycles. The van der Waals surface area contributed by atoms with Crippen molar-refractivity contribution in [3.05, 3.63) is 0 Å². The summed E-state index contributed by atoms with van der Waals surface area (Å²) in [5.74, 6) is 0. The molecule has 7 nitrogen and oxygen atoms in total. The zero-order valence-corrected chi connectivity index (χ0v) is 14.5. The van der Waals surface area contributed by atoms with Crippen molar-refractivity contribution in [1.29, 1.82) is 0 Å². The smallest absolute Gasteiger partial charge is 0.407 e. The Morgan fingerprint density at radius 2 is 1.73 bits per heavy atom. The molecule has 0 rings (SSSR count). The Bertz CT molecular complexity index is 294. The summed E-state index contributed by atoms with van der Waals surface area (Å²) in [6.07, 6.45) is 1.19. The fraction of sp³-hybridized carbons (Fsp3) is 0.933. The van der Waals surface area contributed by atoms with Crippen molar-refractivity contribution in [1.82, 2.24) is 10.6 Å². The van der Waals surface area contributed by atoms with Crippen LogP contribution in [0.4, 0.5) is 4.79 Å². The molecule has 22 heavy (non-hydrogen) atoms. The summed E-state index contributed by atoms with van der Waals surface area (Å²) in [5.41, 5.74) is -0.487. The Morgan fingerprint density at radius 3 is 2.23 bits per heavy atom. The van der Waals surface area contributed by atoms with E-state index in [0.717, 1.165) is 12.8 Å². The van der Waals surface area contributed by atoms with Crippen LogP contribution in [0.1, 0.15) is 33.6 Å². The van der Waals surface area contributed by atoms with E-state index in [-0.39, 0.29) is 18.7 Å². The average molecular weight is 320 g/mol. The maximum atomic E-state index is 11.5. The van der Waals surface area contributed by atoms with E-state index in [0.29, 0.717) is 19.8 Å². The maximum Gasteiger partial charge on any atom is 0.407 e. The molecular weight excluding hydrogens is 288 g/mol. The number of amides is 1. The van der Waals surface area contributed by atoms with Crippen molar-refractivity contribution in [3.63, 3.8) is 0 Å². The summed E-state index contributed by atoms with van der Waals surface area (Å²) in [6, 6.07) is -0.0262. The van der Waals surface area contributed by atoms with Gasteiger partial charge in [0.15, 0.2) is 0 Å². The standard InChI is InChI=1S/C15H32N2O5/c1-15(2,3)22-14(19)16-8-6-7-12(10-20-4)17-13(9-18)11-21-5/h12-13,17-18H,6-11H2,1-5H3,(H,16,19). The SMILES string of the molecule is COCC(CO)NC(CCCNC(=O)OC(C)(C)C)COC. The number of ether oxygens (including phenoxy) is 3. The van der Waals surface area contributed by atoms with Gasteiger partial charge in [-0.1, -0.05) is 0 Å². The lowest BCUT2D eigenvalue weighted by molar-refractivity contribution is 0.0525. The zero-order valence-electron chi connectivity index (χ0n) is 14.5. The highest BCUT2D eigenvalue weighted by molar-refractivity contribution is 5.67. The molecule has 0 aliphatic heterocycles. The lowest BCUT2D eigenvalue weighted by Gasteiger charge is -2.24. The van der Waals surface area contributed by atoms with Crippen LogP contribution < -0.4 is 10.6 Å². The van der Waals surface area contributed by atoms with Gasteiger partial charge in [-0.25, -0.2) is 4.79 Å². The van der Waals surface area contributed by atoms with Crippen molar-refractivity contribution >= 4 is 6.09 Å². The molecule has 132 valence electrons. The monoisotopic (exact) mass is 320 g/mol. The number of methoxy groups -OCH3 is 2. The normalized spacial score (nSPS) is 14.5. The number of carbonyl (C=O) groups excluding carboxylic acids is 1. The lowest BCUT2D eigenvalue weighted by Crippen LogP contribution is -2.45. The topological polar surface area (TPSA) is 89.1 Å². The van der Waals surface area contributed by atoms with Gasteiger partial charge in [-0.15, -0.1) is 0 Å². The predicted octanol–water partition coefficient (Wildman–Crippen LogP) is 0.903. The van der Waals surface area contributed by atoms with Gasteiger partial charge in [0.05, 0.1) is 25.9 Å². The molecule has 0 aliphatic rings. The van der Waals surface area contributed by atoms with Gasteiger partial charge >= 0.3 is 6.09 Å². The first-order valence-electron chi connectivity index (χ1n) is 7.64. The van der Waals surface area contributed by atoms with E-state index in [4.69, 9.17) is 14.2 Å². The molecular formula is C15H32N2O5. The van der Waals surface area contributed by atoms with Crippen LogP contribution in [0.2, 0.25) is 0 Å². The van der Waals surface area contributed by atoms with Gasteiger partial charge in [0, 0.05) is 26.8 Å². The third-order valence-electron chi connectivity index (χ3n) is 2.83. The van der Waals surface area contributed by atoms with E-state index in [1.54, 1.807) is 14.2 Å². The lowest BCUT2D eigenvalue weighted by atomic mass is 10.1. The van der Waals surface area contributed by atoms with Gasteiger partial charge < -0.3 is 30.0 Å². The maximum absolute atomic E-state index is 11.5. The largest absolute Gasteiger partial charge is 0.444 e. The van der Waals surface area contributed by atoms with Crippen molar-refractivity contribution in [2.75, 3.05) is 40.6 Å². The summed E-state index contributed by atoms with van der Waals surface area (Å²) in [7, 11) is 3.23. The number of nitrogens with one attached hydrogen (secondary N) is 2. The minimum absolute atomic E-state index is 0.00418. The van der Waals surface area contributed by atoms with E-state index >= 15 is 0 Å². The molecule has 0 heterocycles. The fourth-order valence-corrected chi connectivity index (χ4v) is 1.96. The predicted molar refractivity (Wildman–Crippen MR) is 85.0 cm³/mol. The summed E-state index contributed by atoms with van der Waals surface area (Å²) in [4.78, 5) is 11.5. The van der Waals surface area contributed by atoms with E-state index in [1.807, 2.05) is 20.8 Å². The van der Waals surface area contributed by atoms with Crippen LogP contribution in [-0.4, -0.2) is 69.5 Å². The van der Waals surface area contributed by atoms with Crippen molar-refractivity contribution in [2.45, 2.75) is 51.3 Å². The molecule has 0 spiro atoms. The van der Waals surface area contributed by atoms with Crippen molar-refractivity contribution in [2.24, 2.45) is 0 Å². The molecule has 0 aromatic rings. The van der Waals surface area contributed by atoms with Gasteiger partial charge in [0.2, 0.25) is 0 Å². The number of rotatable bonds is 11. The molecule has 0 aromatic carbocycles. The zero-order chi connectivity index (χ0) is 17.0. The second-order valence-corrected chi connectivity index (χ2v) is 6.22. The first-order valence-corrected chi connectivity index (χ1v) is 7.64. The van der Waals surface area contributed by atoms with E-state index < -0.39 is 11.7 Å². The van der Waals surface area contributed by atoms with E-state index in [9.17, 15) is 9.90 Å². The highest BCUT2D eigenvalue weighted by Crippen LogP contribution is 2.06. The quantitative estimate of drug-likeness (QED) is 0.490. The second kappa shape index (κ2) is 11.6. The third-order valence-corrected chi connectivity index (χ3v) is 2.83. The van der Waals surface area contributed by atoms with Gasteiger partial charge in [0.1, 0.15) is 5.60 Å². The first kappa shape index (κ1) is 21.1. The van der Waals surface area contributed by atoms with Gasteiger partial charge in [-0.05, 0) is 33.6 Å². The molecule has 0 aliphatic carbocycles. The highest BCUT2D eigenvalue weighted by Gasteiger charge is 2.17. The van der Waals surface area contributed by atoms with Crippen LogP contribution in [0, 0.1) is 0 Å². The van der Waals surface area contributed by atoms with Gasteiger partial charge in [-0.2, -0.15) is 0 Å². The number of hydrogen-bond acceptors (Lipinski definition) is 6. The van der Waals surface area contributed by atoms with Crippen LogP contribution in [0.5, 0.6) is 0 Å². The second-order valence-electron chi connectivity index (χ2n) is 6.22. The van der Waals surface area contributed by atoms with Gasteiger partial charge in [-0.3, -0.25) is 0 Å². The summed E-state index contributed by atoms with van der Waals surface area (Å²) in [6.45, 7) is 7.00. The van der Waals surface area contributed by atoms with Gasteiger partial charge in [0.25, 0.3) is 0 Å². The number of aliphatic hydroxyl groups excluding tert-OH is 1. The minimum Gasteiger partial charge on any atom is -0.444 e. The van der Waals surface area contributed by atoms with Crippen molar-refractivity contribution in [3.8, 4) is 0 Å². The molecule has 0 aromatic heterocycles. The minimum atomic E-state index is -0.487. The fourth-order valence-electron chi connectivity index (χ4n) is 1.96. The van der Waals surface area contributed by atoms with Crippen LogP contribution in [-0.2, 0) is 14.2 Å². The Labute approximate surface area is 133 Å². The third kappa shape index (κ3) is 11.7. The molecule has 7 heteroatoms. The van der Waals surface area contributed by atoms with Crippen LogP contribution in [0.15, 0.2) is 0 Å². The number of alkyl carbamates (subject to hydrolysis) is 1. The highest BCUT2D eigenvalue weighted by atomic mass is 16.6. The summed E-state index contributed by atoms with van der Waals surface area (Å²) >= 11 is 0. The molecule has 0 fully saturated rings. The Morgan fingerprint density at radius 1 is 1.14 bits per heavy atom. The number of hydrogen-bond donors (Lipinski definition) is 3. The average Bonchev–Trinajstić information content (AvgIpc) is 2.41. The molecule has 0 bridgehead atoms. The molecule has 0 radical (unpaired) electrons. The number of carbonyl (C=O) groups is 1. The van der Waals surface area contributed by atoms with E-state index in [1.165, 1.54) is 0 Å². The van der Waals surface area contributed by atoms with Crippen LogP contribution >= 0.6 is 0 Å². The molecule has 3 N–H and O–H groups in total. The first-order chi connectivity index (χ1) is 10.3. The Balaban J connectivity index is 4.02. The van der Waals surface area contributed by atoms with E-state index in [2.05, 4.69) is 10.6 Å². The van der Waals surface area contributed by atoms with Crippen LogP contribution in [0.25, 0.3) is 0 Å². The Hall–Kier alpha value is -0.890. The molecule has 2 unspecified atom stereocenters. The molecule has 0 saturated carbocycles. The van der Waals surface area contributed by atoms with Crippen LogP contribution in [0.3, 0.4) is 0 Å². The summed E-state index contributed by atoms with van der Waals surface area (Å²) in [5, 5.41) is 15.3.